The van der Waals surface area contributed by atoms with Gasteiger partial charge in [-0.2, -0.15) is 0 Å². The van der Waals surface area contributed by atoms with Gasteiger partial charge in [0, 0.05) is 13.0 Å². The highest BCUT2D eigenvalue weighted by molar-refractivity contribution is 9.10. The quantitative estimate of drug-likeness (QED) is 0.896. The molecule has 0 aliphatic carbocycles. The zero-order chi connectivity index (χ0) is 10.7. The molecule has 0 atom stereocenters. The highest BCUT2D eigenvalue weighted by Gasteiger charge is 2.14. The minimum atomic E-state index is 0.719. The maximum absolute atomic E-state index is 5.63. The Morgan fingerprint density at radius 1 is 1.33 bits per heavy atom. The molecule has 1 aliphatic heterocycles. The summed E-state index contributed by atoms with van der Waals surface area (Å²) in [5, 5.41) is 3.12. The van der Waals surface area contributed by atoms with Gasteiger partial charge in [-0.25, -0.2) is 0 Å². The molecule has 4 heteroatoms. The Labute approximate surface area is 97.9 Å². The van der Waals surface area contributed by atoms with Crippen molar-refractivity contribution in [2.75, 3.05) is 20.3 Å². The maximum Gasteiger partial charge on any atom is 0.175 e. The summed E-state index contributed by atoms with van der Waals surface area (Å²) < 4.78 is 12.2. The van der Waals surface area contributed by atoms with E-state index in [1.54, 1.807) is 0 Å². The standard InChI is InChI=1S/C11H14BrNO2/c1-13-7-8-5-9(12)11-10(6-8)14-3-2-4-15-11/h5-6,13H,2-4,7H2,1H3. The summed E-state index contributed by atoms with van der Waals surface area (Å²) in [5.41, 5.74) is 1.19. The van der Waals surface area contributed by atoms with Crippen LogP contribution in [0.25, 0.3) is 0 Å². The van der Waals surface area contributed by atoms with Gasteiger partial charge in [0.25, 0.3) is 0 Å². The molecule has 0 aromatic heterocycles. The Morgan fingerprint density at radius 2 is 2.13 bits per heavy atom. The van der Waals surface area contributed by atoms with Gasteiger partial charge in [-0.05, 0) is 40.7 Å². The van der Waals surface area contributed by atoms with Gasteiger partial charge in [-0.15, -0.1) is 0 Å². The van der Waals surface area contributed by atoms with E-state index in [0.717, 1.165) is 42.2 Å². The normalized spacial score (nSPS) is 14.8. The topological polar surface area (TPSA) is 30.5 Å². The number of benzene rings is 1. The van der Waals surface area contributed by atoms with Crippen LogP contribution in [0.3, 0.4) is 0 Å². The molecule has 0 bridgehead atoms. The molecule has 1 aliphatic rings. The van der Waals surface area contributed by atoms with Crippen LogP contribution >= 0.6 is 15.9 Å². The number of halogens is 1. The predicted octanol–water partition coefficient (Wildman–Crippen LogP) is 2.33. The second kappa shape index (κ2) is 4.86. The average molecular weight is 272 g/mol. The van der Waals surface area contributed by atoms with E-state index >= 15 is 0 Å². The fraction of sp³-hybridized carbons (Fsp3) is 0.455. The van der Waals surface area contributed by atoms with Gasteiger partial charge < -0.3 is 14.8 Å². The lowest BCUT2D eigenvalue weighted by molar-refractivity contribution is 0.296. The molecule has 0 unspecified atom stereocenters. The van der Waals surface area contributed by atoms with Gasteiger partial charge in [-0.1, -0.05) is 0 Å². The molecule has 82 valence electrons. The van der Waals surface area contributed by atoms with Crippen molar-refractivity contribution >= 4 is 15.9 Å². The van der Waals surface area contributed by atoms with Gasteiger partial charge >= 0.3 is 0 Å². The molecule has 1 aromatic carbocycles. The third kappa shape index (κ3) is 2.44. The summed E-state index contributed by atoms with van der Waals surface area (Å²) in [4.78, 5) is 0. The first kappa shape index (κ1) is 10.8. The molecule has 0 radical (unpaired) electrons. The van der Waals surface area contributed by atoms with Crippen LogP contribution in [0.1, 0.15) is 12.0 Å². The molecule has 0 saturated heterocycles. The Balaban J connectivity index is 2.35. The largest absolute Gasteiger partial charge is 0.490 e. The van der Waals surface area contributed by atoms with Gasteiger partial charge in [0.1, 0.15) is 0 Å². The molecule has 1 aromatic rings. The van der Waals surface area contributed by atoms with E-state index in [1.165, 1.54) is 5.56 Å². The summed E-state index contributed by atoms with van der Waals surface area (Å²) in [7, 11) is 1.93. The van der Waals surface area contributed by atoms with Crippen LogP contribution in [0, 0.1) is 0 Å². The number of nitrogens with one attached hydrogen (secondary N) is 1. The molecular formula is C11H14BrNO2. The molecule has 1 heterocycles. The van der Waals surface area contributed by atoms with E-state index < -0.39 is 0 Å². The van der Waals surface area contributed by atoms with Crippen LogP contribution in [-0.2, 0) is 6.54 Å². The van der Waals surface area contributed by atoms with Crippen molar-refractivity contribution in [1.82, 2.24) is 5.32 Å². The lowest BCUT2D eigenvalue weighted by Crippen LogP contribution is -2.05. The molecule has 0 amide bonds. The third-order valence-electron chi connectivity index (χ3n) is 2.24. The Kier molecular flexibility index (Phi) is 3.49. The van der Waals surface area contributed by atoms with E-state index in [1.807, 2.05) is 13.1 Å². The van der Waals surface area contributed by atoms with Crippen molar-refractivity contribution in [3.63, 3.8) is 0 Å². The number of ether oxygens (including phenoxy) is 2. The number of hydrogen-bond acceptors (Lipinski definition) is 3. The van der Waals surface area contributed by atoms with Crippen LogP contribution in [0.5, 0.6) is 11.5 Å². The van der Waals surface area contributed by atoms with Gasteiger partial charge in [0.15, 0.2) is 11.5 Å². The summed E-state index contributed by atoms with van der Waals surface area (Å²) >= 11 is 3.50. The minimum absolute atomic E-state index is 0.719. The van der Waals surface area contributed by atoms with Gasteiger partial charge in [-0.3, -0.25) is 0 Å². The van der Waals surface area contributed by atoms with Crippen LogP contribution in [-0.4, -0.2) is 20.3 Å². The molecule has 1 N–H and O–H groups in total. The number of fused-ring (bicyclic) bond motifs is 1. The molecular weight excluding hydrogens is 258 g/mol. The monoisotopic (exact) mass is 271 g/mol. The zero-order valence-corrected chi connectivity index (χ0v) is 10.3. The summed E-state index contributed by atoms with van der Waals surface area (Å²) in [6.45, 7) is 2.27. The average Bonchev–Trinajstić information content (AvgIpc) is 2.43. The molecule has 15 heavy (non-hydrogen) atoms. The first-order valence-electron chi connectivity index (χ1n) is 5.04. The molecule has 0 fully saturated rings. The van der Waals surface area contributed by atoms with Crippen molar-refractivity contribution < 1.29 is 9.47 Å². The maximum atomic E-state index is 5.63. The van der Waals surface area contributed by atoms with E-state index in [4.69, 9.17) is 9.47 Å². The smallest absolute Gasteiger partial charge is 0.175 e. The molecule has 2 rings (SSSR count). The van der Waals surface area contributed by atoms with E-state index in [9.17, 15) is 0 Å². The first-order valence-corrected chi connectivity index (χ1v) is 5.83. The van der Waals surface area contributed by atoms with Crippen molar-refractivity contribution in [2.45, 2.75) is 13.0 Å². The fourth-order valence-electron chi connectivity index (χ4n) is 1.59. The van der Waals surface area contributed by atoms with Crippen molar-refractivity contribution in [2.24, 2.45) is 0 Å². The summed E-state index contributed by atoms with van der Waals surface area (Å²) in [6, 6.07) is 4.09. The second-order valence-electron chi connectivity index (χ2n) is 3.49. The van der Waals surface area contributed by atoms with Crippen LogP contribution in [0.2, 0.25) is 0 Å². The summed E-state index contributed by atoms with van der Waals surface area (Å²) in [6.07, 6.45) is 0.933. The Hall–Kier alpha value is -0.740. The van der Waals surface area contributed by atoms with Gasteiger partial charge in [0.05, 0.1) is 17.7 Å². The molecule has 3 nitrogen and oxygen atoms in total. The van der Waals surface area contributed by atoms with E-state index in [0.29, 0.717) is 0 Å². The van der Waals surface area contributed by atoms with Crippen molar-refractivity contribution in [3.8, 4) is 11.5 Å². The molecule has 0 saturated carbocycles. The lowest BCUT2D eigenvalue weighted by atomic mass is 10.2. The molecule has 0 spiro atoms. The zero-order valence-electron chi connectivity index (χ0n) is 8.68. The Bertz CT molecular complexity index is 355. The Morgan fingerprint density at radius 3 is 2.93 bits per heavy atom. The third-order valence-corrected chi connectivity index (χ3v) is 2.83. The number of rotatable bonds is 2. The van der Waals surface area contributed by atoms with E-state index in [2.05, 4.69) is 27.3 Å². The minimum Gasteiger partial charge on any atom is -0.490 e. The van der Waals surface area contributed by atoms with Crippen molar-refractivity contribution in [3.05, 3.63) is 22.2 Å². The van der Waals surface area contributed by atoms with Crippen molar-refractivity contribution in [1.29, 1.82) is 0 Å². The predicted molar refractivity (Wildman–Crippen MR) is 62.5 cm³/mol. The second-order valence-corrected chi connectivity index (χ2v) is 4.34. The lowest BCUT2D eigenvalue weighted by Gasteiger charge is -2.11. The van der Waals surface area contributed by atoms with Crippen LogP contribution in [0.15, 0.2) is 16.6 Å². The van der Waals surface area contributed by atoms with Gasteiger partial charge in [0.2, 0.25) is 0 Å². The van der Waals surface area contributed by atoms with Crippen LogP contribution in [0.4, 0.5) is 0 Å². The first-order chi connectivity index (χ1) is 7.31. The van der Waals surface area contributed by atoms with Crippen LogP contribution < -0.4 is 14.8 Å². The fourth-order valence-corrected chi connectivity index (χ4v) is 2.19. The summed E-state index contributed by atoms with van der Waals surface area (Å²) in [5.74, 6) is 1.67. The highest BCUT2D eigenvalue weighted by atomic mass is 79.9. The number of hydrogen-bond donors (Lipinski definition) is 1. The SMILES string of the molecule is CNCc1cc(Br)c2c(c1)OCCCO2. The highest BCUT2D eigenvalue weighted by Crippen LogP contribution is 2.38. The van der Waals surface area contributed by atoms with E-state index in [-0.39, 0.29) is 0 Å².